The SMILES string of the molecule is CCCCCCCC(=O)N[C@@H](C(=O)N[C@H](C)C(=O)NCC(=O)N[C@H](CO)C(=O)N[C@H](Cc1c[nH]c2ccccc12)C(=O)N(C)CC(=O)N[C@@H](CCN)C(=O)N[C@H](CCN)C(=O)N(C)[C@@H](Cc1ccccc1)C(=O)N[C@@H](CCC(=O)O)C(=O)N[C@H](C(=O)N[C@@H](C(=O)N[C@@H](C)C(=O)O)C(C)C)C(C)C)C(C)C. The maximum absolute atomic E-state index is 14.7. The zero-order valence-corrected chi connectivity index (χ0v) is 61.9. The van der Waals surface area contributed by atoms with E-state index in [0.717, 1.165) is 35.5 Å². The molecule has 0 saturated carbocycles. The molecule has 0 spiro atoms. The molecule has 0 aliphatic carbocycles. The van der Waals surface area contributed by atoms with Gasteiger partial charge in [0.2, 0.25) is 76.8 Å². The maximum Gasteiger partial charge on any atom is 0.325 e. The van der Waals surface area contributed by atoms with Crippen molar-refractivity contribution in [3.05, 3.63) is 71.9 Å². The summed E-state index contributed by atoms with van der Waals surface area (Å²) in [5.41, 5.74) is 13.7. The van der Waals surface area contributed by atoms with E-state index in [-0.39, 0.29) is 57.0 Å². The van der Waals surface area contributed by atoms with E-state index in [9.17, 15) is 87.2 Å². The number of hydrogen-bond donors (Lipinski definition) is 17. The summed E-state index contributed by atoms with van der Waals surface area (Å²) in [4.78, 5) is 208. The third-order valence-electron chi connectivity index (χ3n) is 17.3. The van der Waals surface area contributed by atoms with Crippen molar-refractivity contribution >= 4 is 99.6 Å². The van der Waals surface area contributed by atoms with Crippen LogP contribution in [-0.4, -0.2) is 232 Å². The van der Waals surface area contributed by atoms with E-state index in [1.54, 1.807) is 102 Å². The van der Waals surface area contributed by atoms with Gasteiger partial charge in [0.1, 0.15) is 66.5 Å². The van der Waals surface area contributed by atoms with Crippen LogP contribution in [0, 0.1) is 17.8 Å². The molecule has 3 rings (SSSR count). The zero-order valence-electron chi connectivity index (χ0n) is 61.9. The third kappa shape index (κ3) is 29.9. The maximum atomic E-state index is 14.7. The number of aromatic nitrogens is 1. The molecule has 582 valence electrons. The number of hydrogen-bond acceptors (Lipinski definition) is 18. The number of aliphatic carboxylic acids is 2. The van der Waals surface area contributed by atoms with Gasteiger partial charge in [-0.25, -0.2) is 0 Å². The van der Waals surface area contributed by atoms with Crippen molar-refractivity contribution in [1.82, 2.24) is 73.3 Å². The van der Waals surface area contributed by atoms with Crippen molar-refractivity contribution in [2.45, 2.75) is 206 Å². The fraction of sp³-hybridized carbons (Fsp3) is 0.592. The standard InChI is InChI=1S/C71H110N16O18/c1-12-13-14-15-19-26-54(89)83-58(39(2)3)66(99)76-42(8)61(94)75-36-55(90)79-52(38-88)64(97)82-51(34-45-35-74-47-25-21-20-24-46(45)47)69(102)86(10)37-56(91)78-49(29-31-72)62(95)81-50(30-32-73)70(103)87(11)53(33-44-22-17-16-18-23-44)65(98)80-48(27-28-57(92)93)63(96)84-60(41(6)7)68(101)85-59(40(4)5)67(100)77-43(9)71(104)105/h16-18,20-25,35,39-43,48-53,58-60,74,88H,12-15,19,26-34,36-38,72-73H2,1-11H3,(H,75,94)(H,76,99)(H,77,100)(H,78,91)(H,79,90)(H,80,98)(H,81,95)(H,82,97)(H,83,89)(H,84,96)(H,85,101)(H,92,93)(H,104,105)/t42-,43+,48+,49+,50-,51-,52-,53+,58-,59-,60+/m1/s1. The first-order valence-electron chi connectivity index (χ1n) is 35.4. The first-order chi connectivity index (χ1) is 49.6. The smallest absolute Gasteiger partial charge is 0.325 e. The number of rotatable bonds is 47. The number of aromatic amines is 1. The van der Waals surface area contributed by atoms with Crippen LogP contribution in [0.3, 0.4) is 0 Å². The van der Waals surface area contributed by atoms with Crippen LogP contribution in [-0.2, 0) is 84.8 Å². The monoisotopic (exact) mass is 1470 g/mol. The molecule has 3 aromatic rings. The predicted octanol–water partition coefficient (Wildman–Crippen LogP) is -1.79. The summed E-state index contributed by atoms with van der Waals surface area (Å²) in [7, 11) is 2.48. The summed E-state index contributed by atoms with van der Waals surface area (Å²) < 4.78 is 0. The number of carboxylic acids is 2. The number of fused-ring (bicyclic) bond motifs is 1. The highest BCUT2D eigenvalue weighted by atomic mass is 16.4. The van der Waals surface area contributed by atoms with E-state index in [1.807, 2.05) is 0 Å². The normalized spacial score (nSPS) is 14.4. The molecule has 13 amide bonds. The number of carbonyl (C=O) groups excluding carboxylic acids is 13. The minimum absolute atomic E-state index is 0.199. The van der Waals surface area contributed by atoms with E-state index in [1.165, 1.54) is 27.9 Å². The number of H-pyrrole nitrogens is 1. The van der Waals surface area contributed by atoms with Gasteiger partial charge < -0.3 is 100 Å². The molecule has 0 bridgehead atoms. The highest BCUT2D eigenvalue weighted by Crippen LogP contribution is 2.21. The molecule has 0 radical (unpaired) electrons. The molecule has 0 saturated heterocycles. The van der Waals surface area contributed by atoms with E-state index in [4.69, 9.17) is 11.5 Å². The number of amides is 13. The van der Waals surface area contributed by atoms with E-state index >= 15 is 0 Å². The van der Waals surface area contributed by atoms with Gasteiger partial charge in [-0.05, 0) is 87.6 Å². The number of likely N-dealkylation sites (N-methyl/N-ethyl adjacent to an activating group) is 2. The highest BCUT2D eigenvalue weighted by molar-refractivity contribution is 6.00. The largest absolute Gasteiger partial charge is 0.481 e. The summed E-state index contributed by atoms with van der Waals surface area (Å²) in [5, 5.41) is 57.8. The summed E-state index contributed by atoms with van der Waals surface area (Å²) in [6.45, 7) is 11.6. The van der Waals surface area contributed by atoms with Crippen molar-refractivity contribution in [3.63, 3.8) is 0 Å². The minimum Gasteiger partial charge on any atom is -0.481 e. The lowest BCUT2D eigenvalue weighted by atomic mass is 9.98. The zero-order chi connectivity index (χ0) is 78.8. The molecule has 105 heavy (non-hydrogen) atoms. The Morgan fingerprint density at radius 1 is 0.476 bits per heavy atom. The fourth-order valence-electron chi connectivity index (χ4n) is 11.1. The molecule has 0 fully saturated rings. The van der Waals surface area contributed by atoms with Gasteiger partial charge in [0, 0.05) is 56.9 Å². The van der Waals surface area contributed by atoms with Gasteiger partial charge in [-0.15, -0.1) is 0 Å². The summed E-state index contributed by atoms with van der Waals surface area (Å²) in [5.74, 6) is -15.2. The van der Waals surface area contributed by atoms with Gasteiger partial charge in [-0.1, -0.05) is 123 Å². The first-order valence-corrected chi connectivity index (χ1v) is 35.4. The van der Waals surface area contributed by atoms with Gasteiger partial charge in [0.25, 0.3) is 0 Å². The number of aliphatic hydroxyl groups excluding tert-OH is 1. The quantitative estimate of drug-likeness (QED) is 0.0278. The molecular formula is C71H110N16O18. The Morgan fingerprint density at radius 2 is 0.981 bits per heavy atom. The average molecular weight is 1480 g/mol. The molecule has 34 heteroatoms. The van der Waals surface area contributed by atoms with Crippen LogP contribution in [0.2, 0.25) is 0 Å². The number of carbonyl (C=O) groups is 15. The molecule has 1 aromatic heterocycles. The summed E-state index contributed by atoms with van der Waals surface area (Å²) in [6.07, 6.45) is 4.40. The number of nitrogens with zero attached hydrogens (tertiary/aromatic N) is 2. The van der Waals surface area contributed by atoms with Gasteiger partial charge in [0.15, 0.2) is 0 Å². The van der Waals surface area contributed by atoms with Crippen LogP contribution < -0.4 is 70.0 Å². The molecule has 19 N–H and O–H groups in total. The molecule has 11 atom stereocenters. The van der Waals surface area contributed by atoms with Crippen molar-refractivity contribution < 1.29 is 87.2 Å². The molecule has 1 heterocycles. The topological polar surface area (TPSA) is 523 Å². The van der Waals surface area contributed by atoms with Crippen molar-refractivity contribution in [2.24, 2.45) is 29.2 Å². The lowest BCUT2D eigenvalue weighted by molar-refractivity contribution is -0.143. The van der Waals surface area contributed by atoms with E-state index in [2.05, 4.69) is 70.4 Å². The van der Waals surface area contributed by atoms with E-state index < -0.39 is 194 Å². The molecule has 0 aliphatic heterocycles. The number of nitrogens with two attached hydrogens (primary N) is 2. The second-order valence-electron chi connectivity index (χ2n) is 27.0. The number of carboxylic acid groups (broad SMARTS) is 2. The first kappa shape index (κ1) is 89.1. The van der Waals surface area contributed by atoms with Gasteiger partial charge in [-0.2, -0.15) is 0 Å². The fourth-order valence-corrected chi connectivity index (χ4v) is 11.1. The average Bonchev–Trinajstić information content (AvgIpc) is 1.63. The Balaban J connectivity index is 1.83. The Bertz CT molecular complexity index is 3440. The second kappa shape index (κ2) is 45.2. The Hall–Kier alpha value is -10.1. The second-order valence-corrected chi connectivity index (χ2v) is 27.0. The number of unbranched alkanes of at least 4 members (excludes halogenated alkanes) is 4. The lowest BCUT2D eigenvalue weighted by Gasteiger charge is -2.33. The van der Waals surface area contributed by atoms with Gasteiger partial charge in [0.05, 0.1) is 19.7 Å². The molecular weight excluding hydrogens is 1360 g/mol. The van der Waals surface area contributed by atoms with Gasteiger partial charge >= 0.3 is 11.9 Å². The van der Waals surface area contributed by atoms with Crippen molar-refractivity contribution in [1.29, 1.82) is 0 Å². The number of para-hydroxylation sites is 1. The van der Waals surface area contributed by atoms with Crippen LogP contribution in [0.1, 0.15) is 138 Å². The third-order valence-corrected chi connectivity index (χ3v) is 17.3. The molecule has 34 nitrogen and oxygen atoms in total. The number of nitrogens with one attached hydrogen (secondary N) is 12. The van der Waals surface area contributed by atoms with Crippen molar-refractivity contribution in [2.75, 3.05) is 46.9 Å². The van der Waals surface area contributed by atoms with Crippen LogP contribution in [0.25, 0.3) is 10.9 Å². The summed E-state index contributed by atoms with van der Waals surface area (Å²) >= 11 is 0. The van der Waals surface area contributed by atoms with E-state index in [0.29, 0.717) is 28.5 Å². The minimum atomic E-state index is -1.70. The Kier molecular flexibility index (Phi) is 38.4. The van der Waals surface area contributed by atoms with Crippen LogP contribution in [0.4, 0.5) is 0 Å². The highest BCUT2D eigenvalue weighted by Gasteiger charge is 2.39. The lowest BCUT2D eigenvalue weighted by Crippen LogP contribution is -2.61. The predicted molar refractivity (Wildman–Crippen MR) is 387 cm³/mol. The van der Waals surface area contributed by atoms with Crippen molar-refractivity contribution in [3.8, 4) is 0 Å². The Morgan fingerprint density at radius 3 is 1.56 bits per heavy atom. The van der Waals surface area contributed by atoms with Gasteiger partial charge in [-0.3, -0.25) is 71.9 Å². The van der Waals surface area contributed by atoms with Crippen LogP contribution >= 0.6 is 0 Å². The molecule has 0 unspecified atom stereocenters. The number of benzene rings is 2. The Labute approximate surface area is 611 Å². The van der Waals surface area contributed by atoms with Crippen LogP contribution in [0.15, 0.2) is 60.8 Å². The molecule has 0 aliphatic rings. The number of aliphatic hydroxyl groups is 1. The summed E-state index contributed by atoms with van der Waals surface area (Å²) in [6, 6.07) is -0.0346. The molecule has 2 aromatic carbocycles. The van der Waals surface area contributed by atoms with Crippen LogP contribution in [0.5, 0.6) is 0 Å².